The van der Waals surface area contributed by atoms with Crippen LogP contribution < -0.4 is 15.8 Å². The number of nitrogens with two attached hydrogens (primary N) is 1. The third-order valence-electron chi connectivity index (χ3n) is 4.64. The number of carbonyl (C=O) groups is 2. The van der Waals surface area contributed by atoms with E-state index in [1.165, 1.54) is 12.0 Å². The summed E-state index contributed by atoms with van der Waals surface area (Å²) in [5.74, 6) is -3.59. The highest BCUT2D eigenvalue weighted by Gasteiger charge is 2.25. The maximum absolute atomic E-state index is 13.8. The number of hydrogen-bond donors (Lipinski definition) is 2. The lowest BCUT2D eigenvalue weighted by Crippen LogP contribution is -2.39. The van der Waals surface area contributed by atoms with Gasteiger partial charge in [0, 0.05) is 30.8 Å². The average molecular weight is 407 g/mol. The lowest BCUT2D eigenvalue weighted by Gasteiger charge is -2.22. The molecule has 0 saturated heterocycles. The molecule has 1 aliphatic heterocycles. The Morgan fingerprint density at radius 2 is 1.90 bits per heavy atom. The second-order valence-electron chi connectivity index (χ2n) is 6.85. The second kappa shape index (κ2) is 8.52. The summed E-state index contributed by atoms with van der Waals surface area (Å²) >= 11 is 0. The van der Waals surface area contributed by atoms with Crippen LogP contribution in [-0.2, 0) is 22.6 Å². The Morgan fingerprint density at radius 3 is 2.62 bits per heavy atom. The van der Waals surface area contributed by atoms with E-state index >= 15 is 0 Å². The summed E-state index contributed by atoms with van der Waals surface area (Å²) in [6.45, 7) is -0.00154. The molecule has 3 rings (SSSR count). The lowest BCUT2D eigenvalue weighted by atomic mass is 10.0. The molecule has 2 amide bonds. The minimum Gasteiger partial charge on any atom is -0.497 e. The van der Waals surface area contributed by atoms with Gasteiger partial charge in [-0.25, -0.2) is 13.2 Å². The summed E-state index contributed by atoms with van der Waals surface area (Å²) in [5, 5.41) is 2.72. The summed E-state index contributed by atoms with van der Waals surface area (Å²) in [4.78, 5) is 26.1. The smallest absolute Gasteiger partial charge is 0.244 e. The zero-order chi connectivity index (χ0) is 21.1. The molecule has 6 nitrogen and oxygen atoms in total. The first-order chi connectivity index (χ1) is 13.8. The number of anilines is 1. The van der Waals surface area contributed by atoms with Crippen molar-refractivity contribution >= 4 is 17.5 Å². The number of ether oxygens (including phenoxy) is 1. The molecule has 29 heavy (non-hydrogen) atoms. The van der Waals surface area contributed by atoms with Crippen molar-refractivity contribution < 1.29 is 27.5 Å². The zero-order valence-corrected chi connectivity index (χ0v) is 15.7. The topological polar surface area (TPSA) is 84.7 Å². The Kier molecular flexibility index (Phi) is 6.07. The van der Waals surface area contributed by atoms with Gasteiger partial charge in [-0.15, -0.1) is 0 Å². The van der Waals surface area contributed by atoms with Crippen molar-refractivity contribution in [3.05, 3.63) is 58.9 Å². The first-order valence-electron chi connectivity index (χ1n) is 8.90. The van der Waals surface area contributed by atoms with Gasteiger partial charge in [0.1, 0.15) is 18.1 Å². The van der Waals surface area contributed by atoms with Crippen LogP contribution >= 0.6 is 0 Å². The van der Waals surface area contributed by atoms with Gasteiger partial charge in [-0.3, -0.25) is 9.59 Å². The molecule has 0 saturated carbocycles. The Hall–Kier alpha value is -3.07. The average Bonchev–Trinajstić information content (AvgIpc) is 2.83. The van der Waals surface area contributed by atoms with Crippen LogP contribution in [0.5, 0.6) is 5.75 Å². The maximum Gasteiger partial charge on any atom is 0.244 e. The van der Waals surface area contributed by atoms with Crippen LogP contribution in [0.4, 0.5) is 18.9 Å². The fourth-order valence-corrected chi connectivity index (χ4v) is 3.18. The number of carbonyl (C=O) groups excluding carboxylic acids is 2. The number of hydrogen-bond acceptors (Lipinski definition) is 4. The van der Waals surface area contributed by atoms with Crippen molar-refractivity contribution in [2.24, 2.45) is 5.73 Å². The number of fused-ring (bicyclic) bond motifs is 1. The van der Waals surface area contributed by atoms with Gasteiger partial charge in [0.25, 0.3) is 0 Å². The Morgan fingerprint density at radius 1 is 1.17 bits per heavy atom. The molecule has 0 unspecified atom stereocenters. The Labute approximate surface area is 165 Å². The Balaban J connectivity index is 1.70. The highest BCUT2D eigenvalue weighted by atomic mass is 19.2. The first kappa shape index (κ1) is 20.7. The van der Waals surface area contributed by atoms with Crippen LogP contribution in [0.25, 0.3) is 0 Å². The highest BCUT2D eigenvalue weighted by Crippen LogP contribution is 2.26. The summed E-state index contributed by atoms with van der Waals surface area (Å²) in [5.41, 5.74) is 7.10. The summed E-state index contributed by atoms with van der Waals surface area (Å²) < 4.78 is 45.4. The third kappa shape index (κ3) is 4.86. The number of benzene rings is 2. The molecule has 0 bridgehead atoms. The van der Waals surface area contributed by atoms with E-state index in [0.29, 0.717) is 23.1 Å². The molecule has 2 aromatic rings. The number of rotatable bonds is 5. The number of methoxy groups -OCH3 is 1. The number of halogens is 3. The third-order valence-corrected chi connectivity index (χ3v) is 4.64. The van der Waals surface area contributed by atoms with Crippen LogP contribution in [0, 0.1) is 17.5 Å². The minimum atomic E-state index is -1.29. The molecule has 2 aromatic carbocycles. The summed E-state index contributed by atoms with van der Waals surface area (Å²) in [7, 11) is 1.51. The Bertz CT molecular complexity index is 952. The van der Waals surface area contributed by atoms with Crippen LogP contribution in [0.2, 0.25) is 0 Å². The van der Waals surface area contributed by atoms with Gasteiger partial charge >= 0.3 is 0 Å². The van der Waals surface area contributed by atoms with E-state index in [-0.39, 0.29) is 37.4 Å². The van der Waals surface area contributed by atoms with Gasteiger partial charge in [0.15, 0.2) is 11.6 Å². The molecule has 0 radical (unpaired) electrons. The molecule has 1 heterocycles. The van der Waals surface area contributed by atoms with E-state index in [1.807, 2.05) is 0 Å². The number of amides is 2. The van der Waals surface area contributed by atoms with Crippen molar-refractivity contribution in [1.29, 1.82) is 0 Å². The number of nitrogens with zero attached hydrogens (tertiary/aromatic N) is 1. The van der Waals surface area contributed by atoms with Crippen molar-refractivity contribution in [2.45, 2.75) is 25.4 Å². The van der Waals surface area contributed by atoms with Crippen molar-refractivity contribution in [2.75, 3.05) is 19.0 Å². The summed E-state index contributed by atoms with van der Waals surface area (Å²) in [6.07, 6.45) is -0.343. The monoisotopic (exact) mass is 407 g/mol. The molecular weight excluding hydrogens is 387 g/mol. The van der Waals surface area contributed by atoms with Gasteiger partial charge in [0.05, 0.1) is 7.11 Å². The molecule has 1 aliphatic rings. The molecule has 0 spiro atoms. The van der Waals surface area contributed by atoms with Crippen molar-refractivity contribution in [3.63, 3.8) is 0 Å². The molecular formula is C20H20F3N3O3. The van der Waals surface area contributed by atoms with E-state index in [2.05, 4.69) is 5.32 Å². The van der Waals surface area contributed by atoms with Gasteiger partial charge in [-0.05, 0) is 41.8 Å². The highest BCUT2D eigenvalue weighted by molar-refractivity contribution is 5.96. The van der Waals surface area contributed by atoms with Crippen molar-refractivity contribution in [3.8, 4) is 5.75 Å². The van der Waals surface area contributed by atoms with Crippen LogP contribution in [0.15, 0.2) is 30.3 Å². The number of nitrogens with one attached hydrogen (secondary N) is 1. The molecule has 1 atom stereocenters. The molecule has 154 valence electrons. The van der Waals surface area contributed by atoms with Gasteiger partial charge in [-0.2, -0.15) is 0 Å². The fourth-order valence-electron chi connectivity index (χ4n) is 3.18. The van der Waals surface area contributed by atoms with E-state index in [4.69, 9.17) is 10.5 Å². The van der Waals surface area contributed by atoms with E-state index in [1.54, 1.807) is 18.2 Å². The van der Waals surface area contributed by atoms with E-state index < -0.39 is 29.4 Å². The van der Waals surface area contributed by atoms with Crippen molar-refractivity contribution in [1.82, 2.24) is 4.90 Å². The molecule has 0 aliphatic carbocycles. The lowest BCUT2D eigenvalue weighted by molar-refractivity contribution is -0.135. The predicted octanol–water partition coefficient (Wildman–Crippen LogP) is 2.35. The van der Waals surface area contributed by atoms with E-state index in [0.717, 1.165) is 6.07 Å². The zero-order valence-electron chi connectivity index (χ0n) is 15.7. The largest absolute Gasteiger partial charge is 0.497 e. The predicted molar refractivity (Wildman–Crippen MR) is 99.7 cm³/mol. The van der Waals surface area contributed by atoms with Gasteiger partial charge < -0.3 is 20.7 Å². The van der Waals surface area contributed by atoms with Crippen LogP contribution in [0.3, 0.4) is 0 Å². The van der Waals surface area contributed by atoms with Crippen LogP contribution in [-0.4, -0.2) is 36.4 Å². The second-order valence-corrected chi connectivity index (χ2v) is 6.85. The molecule has 0 aromatic heterocycles. The SMILES string of the molecule is COc1ccc2c(c1)CN(C(=O)C[C@H](N)Cc1cc(F)c(F)cc1F)CC(=O)N2. The molecule has 3 N–H and O–H groups in total. The minimum absolute atomic E-state index is 0.118. The normalized spacial score (nSPS) is 14.7. The maximum atomic E-state index is 13.8. The fraction of sp³-hybridized carbons (Fsp3) is 0.300. The summed E-state index contributed by atoms with van der Waals surface area (Å²) in [6, 6.07) is 5.45. The first-order valence-corrected chi connectivity index (χ1v) is 8.90. The molecule has 9 heteroatoms. The van der Waals surface area contributed by atoms with E-state index in [9.17, 15) is 22.8 Å². The van der Waals surface area contributed by atoms with Gasteiger partial charge in [0.2, 0.25) is 11.8 Å². The standard InChI is InChI=1S/C20H20F3N3O3/c1-29-14-2-3-18-12(5-14)9-26(10-19(27)25-18)20(28)7-13(24)4-11-6-16(22)17(23)8-15(11)21/h2-3,5-6,8,13H,4,7,9-10,24H2,1H3,(H,25,27)/t13-/m1/s1. The van der Waals surface area contributed by atoms with Crippen LogP contribution in [0.1, 0.15) is 17.5 Å². The molecule has 0 fully saturated rings. The van der Waals surface area contributed by atoms with Gasteiger partial charge in [-0.1, -0.05) is 0 Å². The quantitative estimate of drug-likeness (QED) is 0.746.